The van der Waals surface area contributed by atoms with Gasteiger partial charge in [-0.2, -0.15) is 0 Å². The van der Waals surface area contributed by atoms with E-state index >= 15 is 0 Å². The number of nitrogens with zero attached hydrogens (tertiary/aromatic N) is 1. The molecule has 0 atom stereocenters. The van der Waals surface area contributed by atoms with Crippen molar-refractivity contribution in [3.8, 4) is 11.5 Å². The van der Waals surface area contributed by atoms with Gasteiger partial charge in [-0.15, -0.1) is 12.4 Å². The molecule has 2 aromatic rings. The first-order chi connectivity index (χ1) is 11.8. The SMILES string of the molecule is CCN(CC)CCc1ccc(OC)c(OCCc2ccccc2)c1.Cl. The van der Waals surface area contributed by atoms with Gasteiger partial charge in [0.25, 0.3) is 0 Å². The maximum absolute atomic E-state index is 5.99. The molecule has 0 amide bonds. The fourth-order valence-electron chi connectivity index (χ4n) is 2.74. The number of halogens is 1. The van der Waals surface area contributed by atoms with Gasteiger partial charge in [0, 0.05) is 13.0 Å². The van der Waals surface area contributed by atoms with E-state index < -0.39 is 0 Å². The van der Waals surface area contributed by atoms with Gasteiger partial charge in [0.2, 0.25) is 0 Å². The topological polar surface area (TPSA) is 21.7 Å². The largest absolute Gasteiger partial charge is 0.493 e. The van der Waals surface area contributed by atoms with Crippen molar-refractivity contribution in [3.63, 3.8) is 0 Å². The average Bonchev–Trinajstić information content (AvgIpc) is 2.63. The Bertz CT molecular complexity index is 600. The third-order valence-electron chi connectivity index (χ3n) is 4.33. The molecule has 0 bridgehead atoms. The Morgan fingerprint density at radius 3 is 2.20 bits per heavy atom. The van der Waals surface area contributed by atoms with E-state index in [1.807, 2.05) is 12.1 Å². The Balaban J connectivity index is 0.00000312. The van der Waals surface area contributed by atoms with Crippen molar-refractivity contribution in [3.05, 3.63) is 59.7 Å². The highest BCUT2D eigenvalue weighted by Gasteiger charge is 2.07. The van der Waals surface area contributed by atoms with Gasteiger partial charge in [-0.1, -0.05) is 50.2 Å². The first-order valence-corrected chi connectivity index (χ1v) is 8.82. The lowest BCUT2D eigenvalue weighted by atomic mass is 10.1. The van der Waals surface area contributed by atoms with Crippen LogP contribution in [-0.4, -0.2) is 38.3 Å². The van der Waals surface area contributed by atoms with E-state index in [-0.39, 0.29) is 12.4 Å². The highest BCUT2D eigenvalue weighted by Crippen LogP contribution is 2.28. The molecule has 0 fully saturated rings. The van der Waals surface area contributed by atoms with Gasteiger partial charge in [0.05, 0.1) is 13.7 Å². The van der Waals surface area contributed by atoms with Gasteiger partial charge in [-0.05, 0) is 42.8 Å². The molecule has 0 saturated carbocycles. The molecule has 0 radical (unpaired) electrons. The lowest BCUT2D eigenvalue weighted by Crippen LogP contribution is -2.25. The normalized spacial score (nSPS) is 10.4. The second-order valence-corrected chi connectivity index (χ2v) is 5.85. The van der Waals surface area contributed by atoms with Gasteiger partial charge >= 0.3 is 0 Å². The first kappa shape index (κ1) is 21.3. The zero-order valence-corrected chi connectivity index (χ0v) is 16.3. The number of ether oxygens (including phenoxy) is 2. The summed E-state index contributed by atoms with van der Waals surface area (Å²) in [5.74, 6) is 1.64. The summed E-state index contributed by atoms with van der Waals surface area (Å²) in [4.78, 5) is 2.43. The Labute approximate surface area is 158 Å². The van der Waals surface area contributed by atoms with Crippen LogP contribution in [0.1, 0.15) is 25.0 Å². The second kappa shape index (κ2) is 11.8. The van der Waals surface area contributed by atoms with Crippen LogP contribution in [0.2, 0.25) is 0 Å². The summed E-state index contributed by atoms with van der Waals surface area (Å²) in [6.45, 7) is 8.31. The summed E-state index contributed by atoms with van der Waals surface area (Å²) in [6, 6.07) is 16.7. The summed E-state index contributed by atoms with van der Waals surface area (Å²) >= 11 is 0. The smallest absolute Gasteiger partial charge is 0.161 e. The number of likely N-dealkylation sites (N-methyl/N-ethyl adjacent to an activating group) is 1. The van der Waals surface area contributed by atoms with Crippen molar-refractivity contribution in [2.45, 2.75) is 26.7 Å². The van der Waals surface area contributed by atoms with E-state index in [0.717, 1.165) is 44.0 Å². The van der Waals surface area contributed by atoms with Crippen molar-refractivity contribution >= 4 is 12.4 Å². The molecule has 2 aromatic carbocycles. The van der Waals surface area contributed by atoms with Gasteiger partial charge in [-0.3, -0.25) is 0 Å². The van der Waals surface area contributed by atoms with Gasteiger partial charge in [0.1, 0.15) is 0 Å². The molecule has 2 rings (SSSR count). The van der Waals surface area contributed by atoms with Gasteiger partial charge in [-0.25, -0.2) is 0 Å². The summed E-state index contributed by atoms with van der Waals surface area (Å²) in [5.41, 5.74) is 2.58. The van der Waals surface area contributed by atoms with Gasteiger partial charge < -0.3 is 14.4 Å². The Morgan fingerprint density at radius 1 is 0.840 bits per heavy atom. The van der Waals surface area contributed by atoms with Crippen molar-refractivity contribution < 1.29 is 9.47 Å². The van der Waals surface area contributed by atoms with Crippen LogP contribution in [0.25, 0.3) is 0 Å². The number of methoxy groups -OCH3 is 1. The summed E-state index contributed by atoms with van der Waals surface area (Å²) in [6.07, 6.45) is 1.92. The minimum atomic E-state index is 0. The predicted molar refractivity (Wildman–Crippen MR) is 107 cm³/mol. The molecule has 0 aliphatic heterocycles. The Kier molecular flexibility index (Phi) is 10.0. The number of rotatable bonds is 10. The molecule has 0 saturated heterocycles. The fourth-order valence-corrected chi connectivity index (χ4v) is 2.74. The number of benzene rings is 2. The zero-order chi connectivity index (χ0) is 17.2. The summed E-state index contributed by atoms with van der Waals surface area (Å²) in [5, 5.41) is 0. The molecule has 0 N–H and O–H groups in total. The molecule has 0 heterocycles. The Hall–Kier alpha value is -1.71. The van der Waals surface area contributed by atoms with E-state index in [9.17, 15) is 0 Å². The second-order valence-electron chi connectivity index (χ2n) is 5.85. The average molecular weight is 364 g/mol. The van der Waals surface area contributed by atoms with Crippen molar-refractivity contribution in [2.24, 2.45) is 0 Å². The molecule has 4 heteroatoms. The maximum atomic E-state index is 5.99. The third kappa shape index (κ3) is 6.97. The van der Waals surface area contributed by atoms with Crippen molar-refractivity contribution in [2.75, 3.05) is 33.4 Å². The molecule has 0 aromatic heterocycles. The lowest BCUT2D eigenvalue weighted by Gasteiger charge is -2.18. The van der Waals surface area contributed by atoms with Crippen LogP contribution < -0.4 is 9.47 Å². The van der Waals surface area contributed by atoms with E-state index in [1.54, 1.807) is 7.11 Å². The molecule has 25 heavy (non-hydrogen) atoms. The van der Waals surface area contributed by atoms with E-state index in [2.05, 4.69) is 55.1 Å². The van der Waals surface area contributed by atoms with Crippen LogP contribution in [0.15, 0.2) is 48.5 Å². The van der Waals surface area contributed by atoms with Crippen LogP contribution in [0.5, 0.6) is 11.5 Å². The summed E-state index contributed by atoms with van der Waals surface area (Å²) < 4.78 is 11.4. The van der Waals surface area contributed by atoms with E-state index in [1.165, 1.54) is 11.1 Å². The van der Waals surface area contributed by atoms with Crippen LogP contribution in [0.3, 0.4) is 0 Å². The molecule has 0 aliphatic carbocycles. The molecular weight excluding hydrogens is 334 g/mol. The molecule has 0 aliphatic rings. The quantitative estimate of drug-likeness (QED) is 0.614. The highest BCUT2D eigenvalue weighted by molar-refractivity contribution is 5.85. The van der Waals surface area contributed by atoms with Crippen molar-refractivity contribution in [1.29, 1.82) is 0 Å². The number of hydrogen-bond acceptors (Lipinski definition) is 3. The van der Waals surface area contributed by atoms with Crippen molar-refractivity contribution in [1.82, 2.24) is 4.90 Å². The minimum Gasteiger partial charge on any atom is -0.493 e. The highest BCUT2D eigenvalue weighted by atomic mass is 35.5. The van der Waals surface area contributed by atoms with Crippen LogP contribution in [0, 0.1) is 0 Å². The maximum Gasteiger partial charge on any atom is 0.161 e. The molecule has 0 spiro atoms. The monoisotopic (exact) mass is 363 g/mol. The Morgan fingerprint density at radius 2 is 1.56 bits per heavy atom. The molecule has 3 nitrogen and oxygen atoms in total. The minimum absolute atomic E-state index is 0. The van der Waals surface area contributed by atoms with E-state index in [0.29, 0.717) is 6.61 Å². The van der Waals surface area contributed by atoms with Crippen LogP contribution in [0.4, 0.5) is 0 Å². The standard InChI is InChI=1S/C21H29NO2.ClH/c1-4-22(5-2)15-13-19-11-12-20(23-3)21(17-19)24-16-14-18-9-7-6-8-10-18;/h6-12,17H,4-5,13-16H2,1-3H3;1H. The van der Waals surface area contributed by atoms with E-state index in [4.69, 9.17) is 9.47 Å². The molecular formula is C21H30ClNO2. The summed E-state index contributed by atoms with van der Waals surface area (Å²) in [7, 11) is 1.69. The van der Waals surface area contributed by atoms with Crippen LogP contribution in [-0.2, 0) is 12.8 Å². The lowest BCUT2D eigenvalue weighted by molar-refractivity contribution is 0.295. The molecule has 138 valence electrons. The first-order valence-electron chi connectivity index (χ1n) is 8.82. The fraction of sp³-hybridized carbons (Fsp3) is 0.429. The third-order valence-corrected chi connectivity index (χ3v) is 4.33. The zero-order valence-electron chi connectivity index (χ0n) is 15.5. The van der Waals surface area contributed by atoms with Crippen LogP contribution >= 0.6 is 12.4 Å². The number of hydrogen-bond donors (Lipinski definition) is 0. The van der Waals surface area contributed by atoms with Gasteiger partial charge in [0.15, 0.2) is 11.5 Å². The molecule has 0 unspecified atom stereocenters. The predicted octanol–water partition coefficient (Wildman–Crippen LogP) is 4.62.